The number of para-hydroxylation sites is 1. The Morgan fingerprint density at radius 3 is 2.40 bits per heavy atom. The first kappa shape index (κ1) is 20.5. The van der Waals surface area contributed by atoms with Crippen LogP contribution in [0, 0.1) is 12.3 Å². The third kappa shape index (κ3) is 3.69. The van der Waals surface area contributed by atoms with Crippen LogP contribution in [-0.2, 0) is 13.5 Å². The smallest absolute Gasteiger partial charge is 0.213 e. The van der Waals surface area contributed by atoms with Gasteiger partial charge in [-0.15, -0.1) is 0 Å². The van der Waals surface area contributed by atoms with E-state index in [1.807, 2.05) is 0 Å². The Hall–Kier alpha value is -2.81. The molecule has 1 aromatic heterocycles. The van der Waals surface area contributed by atoms with E-state index in [-0.39, 0.29) is 5.41 Å². The molecule has 1 aliphatic heterocycles. The van der Waals surface area contributed by atoms with E-state index in [1.165, 1.54) is 39.0 Å². The average Bonchev–Trinajstić information content (AvgIpc) is 3.01. The first-order chi connectivity index (χ1) is 14.2. The molecule has 0 aliphatic carbocycles. The van der Waals surface area contributed by atoms with Crippen molar-refractivity contribution in [1.82, 2.24) is 4.90 Å². The van der Waals surface area contributed by atoms with Crippen molar-refractivity contribution in [2.75, 3.05) is 11.9 Å². The summed E-state index contributed by atoms with van der Waals surface area (Å²) in [5.41, 5.74) is 8.08. The molecule has 4 rings (SSSR count). The Morgan fingerprint density at radius 2 is 1.73 bits per heavy atom. The SMILES string of the molecule is Cc1c(-c2ccc3ccccc3[n+]2C)cc(CC(C)(C)C)cc1N1C=CN(C)[C@H]1C. The molecule has 2 aromatic carbocycles. The number of hydrogen-bond donors (Lipinski definition) is 0. The van der Waals surface area contributed by atoms with Crippen LogP contribution in [0.5, 0.6) is 0 Å². The van der Waals surface area contributed by atoms with E-state index in [4.69, 9.17) is 0 Å². The lowest BCUT2D eigenvalue weighted by atomic mass is 9.86. The normalized spacial score (nSPS) is 16.7. The Morgan fingerprint density at radius 1 is 1.00 bits per heavy atom. The van der Waals surface area contributed by atoms with Crippen LogP contribution in [0.15, 0.2) is 60.9 Å². The van der Waals surface area contributed by atoms with Crippen LogP contribution in [0.3, 0.4) is 0 Å². The quantitative estimate of drug-likeness (QED) is 0.515. The molecule has 3 heteroatoms. The average molecular weight is 401 g/mol. The highest BCUT2D eigenvalue weighted by Gasteiger charge is 2.26. The van der Waals surface area contributed by atoms with E-state index in [2.05, 4.69) is 124 Å². The molecular formula is C27H34N3+. The van der Waals surface area contributed by atoms with Crippen molar-refractivity contribution in [3.63, 3.8) is 0 Å². The minimum atomic E-state index is 0.235. The van der Waals surface area contributed by atoms with Gasteiger partial charge >= 0.3 is 0 Å². The maximum atomic E-state index is 2.41. The number of aryl methyl sites for hydroxylation is 1. The molecule has 156 valence electrons. The van der Waals surface area contributed by atoms with Gasteiger partial charge < -0.3 is 9.80 Å². The number of benzene rings is 2. The van der Waals surface area contributed by atoms with Gasteiger partial charge in [-0.3, -0.25) is 0 Å². The first-order valence-electron chi connectivity index (χ1n) is 10.9. The summed E-state index contributed by atoms with van der Waals surface area (Å²) in [6, 6.07) is 17.9. The van der Waals surface area contributed by atoms with Gasteiger partial charge in [-0.2, -0.15) is 4.57 Å². The zero-order valence-corrected chi connectivity index (χ0v) is 19.4. The van der Waals surface area contributed by atoms with Gasteiger partial charge in [-0.25, -0.2) is 0 Å². The van der Waals surface area contributed by atoms with Gasteiger partial charge in [-0.1, -0.05) is 32.9 Å². The van der Waals surface area contributed by atoms with Gasteiger partial charge in [0.25, 0.3) is 0 Å². The standard InChI is InChI=1S/C27H34N3/c1-19-23(25-13-12-22-10-8-9-11-24(22)29(25)7)16-21(18-27(3,4)5)17-26(19)30-15-14-28(6)20(30)2/h8-17,20H,18H2,1-7H3/q+1/t20-/m1/s1. The molecule has 0 N–H and O–H groups in total. The summed E-state index contributed by atoms with van der Waals surface area (Å²) in [7, 11) is 4.32. The van der Waals surface area contributed by atoms with Crippen LogP contribution in [0.4, 0.5) is 5.69 Å². The van der Waals surface area contributed by atoms with Gasteiger partial charge in [0.2, 0.25) is 11.2 Å². The number of pyridine rings is 1. The number of nitrogens with zero attached hydrogens (tertiary/aromatic N) is 3. The second-order valence-electron chi connectivity index (χ2n) is 9.86. The van der Waals surface area contributed by atoms with Crippen molar-refractivity contribution >= 4 is 16.6 Å². The van der Waals surface area contributed by atoms with Gasteiger partial charge in [-0.05, 0) is 61.1 Å². The van der Waals surface area contributed by atoms with Crippen molar-refractivity contribution < 1.29 is 4.57 Å². The van der Waals surface area contributed by atoms with Crippen molar-refractivity contribution in [3.05, 3.63) is 72.1 Å². The number of aromatic nitrogens is 1. The summed E-state index contributed by atoms with van der Waals surface area (Å²) in [4.78, 5) is 4.65. The topological polar surface area (TPSA) is 10.4 Å². The second-order valence-corrected chi connectivity index (χ2v) is 9.86. The van der Waals surface area contributed by atoms with Gasteiger partial charge in [0, 0.05) is 42.7 Å². The largest absolute Gasteiger partial charge is 0.359 e. The fraction of sp³-hybridized carbons (Fsp3) is 0.370. The maximum Gasteiger partial charge on any atom is 0.213 e. The number of hydrogen-bond acceptors (Lipinski definition) is 2. The Labute approximate surface area is 181 Å². The Bertz CT molecular complexity index is 1120. The highest BCUT2D eigenvalue weighted by molar-refractivity contribution is 5.79. The van der Waals surface area contributed by atoms with E-state index in [1.54, 1.807) is 0 Å². The lowest BCUT2D eigenvalue weighted by Crippen LogP contribution is -2.34. The van der Waals surface area contributed by atoms with Crippen molar-refractivity contribution in [1.29, 1.82) is 0 Å². The Balaban J connectivity index is 1.93. The van der Waals surface area contributed by atoms with E-state index in [0.717, 1.165) is 6.42 Å². The molecule has 0 bridgehead atoms. The molecule has 0 radical (unpaired) electrons. The highest BCUT2D eigenvalue weighted by atomic mass is 15.4. The van der Waals surface area contributed by atoms with Crippen LogP contribution in [0.1, 0.15) is 38.8 Å². The number of anilines is 1. The second kappa shape index (κ2) is 7.46. The van der Waals surface area contributed by atoms with E-state index in [9.17, 15) is 0 Å². The fourth-order valence-corrected chi connectivity index (χ4v) is 4.52. The van der Waals surface area contributed by atoms with Crippen LogP contribution in [0.2, 0.25) is 0 Å². The third-order valence-corrected chi connectivity index (χ3v) is 6.26. The predicted molar refractivity (Wildman–Crippen MR) is 127 cm³/mol. The first-order valence-corrected chi connectivity index (χ1v) is 10.9. The van der Waals surface area contributed by atoms with Crippen molar-refractivity contribution in [3.8, 4) is 11.3 Å². The predicted octanol–water partition coefficient (Wildman–Crippen LogP) is 5.80. The Kier molecular flexibility index (Phi) is 5.09. The van der Waals surface area contributed by atoms with Gasteiger partial charge in [0.05, 0.1) is 5.56 Å². The molecule has 1 atom stereocenters. The van der Waals surface area contributed by atoms with E-state index < -0.39 is 0 Å². The zero-order chi connectivity index (χ0) is 21.6. The van der Waals surface area contributed by atoms with Crippen LogP contribution in [-0.4, -0.2) is 18.1 Å². The summed E-state index contributed by atoms with van der Waals surface area (Å²) in [5.74, 6) is 0. The lowest BCUT2D eigenvalue weighted by molar-refractivity contribution is -0.633. The molecule has 3 nitrogen and oxygen atoms in total. The summed E-state index contributed by atoms with van der Waals surface area (Å²) >= 11 is 0. The fourth-order valence-electron chi connectivity index (χ4n) is 4.52. The third-order valence-electron chi connectivity index (χ3n) is 6.26. The van der Waals surface area contributed by atoms with Gasteiger partial charge in [0.15, 0.2) is 0 Å². The van der Waals surface area contributed by atoms with Crippen molar-refractivity contribution in [2.24, 2.45) is 12.5 Å². The summed E-state index contributed by atoms with van der Waals surface area (Å²) in [5, 5.41) is 1.27. The minimum absolute atomic E-state index is 0.235. The molecule has 0 saturated heterocycles. The summed E-state index contributed by atoms with van der Waals surface area (Å²) in [6.45, 7) is 11.5. The molecule has 1 aliphatic rings. The van der Waals surface area contributed by atoms with E-state index >= 15 is 0 Å². The molecule has 0 fully saturated rings. The van der Waals surface area contributed by atoms with Crippen molar-refractivity contribution in [2.45, 2.75) is 47.2 Å². The van der Waals surface area contributed by atoms with Crippen LogP contribution in [0.25, 0.3) is 22.2 Å². The number of fused-ring (bicyclic) bond motifs is 1. The molecule has 30 heavy (non-hydrogen) atoms. The van der Waals surface area contributed by atoms with Crippen LogP contribution >= 0.6 is 0 Å². The lowest BCUT2D eigenvalue weighted by Gasteiger charge is -2.30. The molecule has 0 unspecified atom stereocenters. The molecular weight excluding hydrogens is 366 g/mol. The molecule has 3 aromatic rings. The zero-order valence-electron chi connectivity index (χ0n) is 19.4. The monoisotopic (exact) mass is 400 g/mol. The summed E-state index contributed by atoms with van der Waals surface area (Å²) in [6.07, 6.45) is 5.73. The molecule has 0 spiro atoms. The highest BCUT2D eigenvalue weighted by Crippen LogP contribution is 2.36. The maximum absolute atomic E-state index is 2.41. The van der Waals surface area contributed by atoms with Gasteiger partial charge in [0.1, 0.15) is 13.2 Å². The molecule has 2 heterocycles. The molecule has 0 amide bonds. The number of rotatable bonds is 3. The van der Waals surface area contributed by atoms with Crippen LogP contribution < -0.4 is 9.47 Å². The minimum Gasteiger partial charge on any atom is -0.359 e. The summed E-state index contributed by atoms with van der Waals surface area (Å²) < 4.78 is 2.33. The van der Waals surface area contributed by atoms with E-state index in [0.29, 0.717) is 6.17 Å². The molecule has 0 saturated carbocycles.